The maximum atomic E-state index is 13.2. The van der Waals surface area contributed by atoms with Crippen molar-refractivity contribution >= 4 is 50.1 Å². The van der Waals surface area contributed by atoms with Crippen LogP contribution in [0.4, 0.5) is 11.4 Å². The molecule has 3 heterocycles. The first-order valence-corrected chi connectivity index (χ1v) is 14.2. The monoisotopic (exact) mass is 566 g/mol. The summed E-state index contributed by atoms with van der Waals surface area (Å²) in [6.07, 6.45) is 1.14. The van der Waals surface area contributed by atoms with Gasteiger partial charge in [0, 0.05) is 74.1 Å². The van der Waals surface area contributed by atoms with Crippen molar-refractivity contribution in [2.45, 2.75) is 18.7 Å². The van der Waals surface area contributed by atoms with E-state index < -0.39 is 37.1 Å². The number of nitrogens with zero attached hydrogens (tertiary/aromatic N) is 4. The van der Waals surface area contributed by atoms with E-state index in [1.165, 1.54) is 15.9 Å². The van der Waals surface area contributed by atoms with Crippen molar-refractivity contribution in [1.29, 1.82) is 0 Å². The van der Waals surface area contributed by atoms with Crippen molar-refractivity contribution in [1.82, 2.24) is 9.80 Å². The number of rotatable bonds is 6. The topological polar surface area (TPSA) is 151 Å². The molecule has 40 heavy (non-hydrogen) atoms. The highest BCUT2D eigenvalue weighted by atomic mass is 32.2. The van der Waals surface area contributed by atoms with E-state index in [1.54, 1.807) is 12.1 Å². The lowest BCUT2D eigenvalue weighted by molar-refractivity contribution is -0.384. The lowest BCUT2D eigenvalue weighted by atomic mass is 10.1. The molecule has 208 valence electrons. The molecule has 5 rings (SSSR count). The number of fused-ring (bicyclic) bond motifs is 2. The summed E-state index contributed by atoms with van der Waals surface area (Å²) in [6, 6.07) is 10.3. The highest BCUT2D eigenvalue weighted by molar-refractivity contribution is 7.96. The minimum Gasteiger partial charge on any atom is -0.422 e. The predicted octanol–water partition coefficient (Wildman–Crippen LogP) is 2.66. The first-order chi connectivity index (χ1) is 19.0. The van der Waals surface area contributed by atoms with Gasteiger partial charge in [-0.05, 0) is 44.2 Å². The van der Waals surface area contributed by atoms with Crippen LogP contribution in [0, 0.1) is 10.1 Å². The van der Waals surface area contributed by atoms with Gasteiger partial charge in [0.2, 0.25) is 9.84 Å². The molecule has 1 saturated heterocycles. The smallest absolute Gasteiger partial charge is 0.349 e. The number of carbonyl (C=O) groups excluding carboxylic acids is 2. The second kappa shape index (κ2) is 10.2. The number of hydrogen-bond acceptors (Lipinski definition) is 9. The Bertz CT molecular complexity index is 1750. The van der Waals surface area contributed by atoms with E-state index in [4.69, 9.17) is 4.42 Å². The number of sulfone groups is 1. The van der Waals surface area contributed by atoms with Gasteiger partial charge in [0.25, 0.3) is 17.5 Å². The zero-order valence-corrected chi connectivity index (χ0v) is 22.6. The number of piperazine rings is 1. The minimum absolute atomic E-state index is 0.0417. The fourth-order valence-electron chi connectivity index (χ4n) is 4.99. The number of non-ortho nitro benzene ring substituents is 1. The number of carbonyl (C=O) groups is 2. The molecular formula is C27H26N4O8S. The fourth-order valence-corrected chi connectivity index (χ4v) is 6.55. The van der Waals surface area contributed by atoms with Gasteiger partial charge in [-0.3, -0.25) is 19.7 Å². The van der Waals surface area contributed by atoms with Crippen LogP contribution < -0.4 is 10.5 Å². The third-order valence-corrected chi connectivity index (χ3v) is 9.04. The predicted molar refractivity (Wildman–Crippen MR) is 147 cm³/mol. The van der Waals surface area contributed by atoms with E-state index in [0.717, 1.165) is 43.1 Å². The summed E-state index contributed by atoms with van der Waals surface area (Å²) >= 11 is 0. The first kappa shape index (κ1) is 27.1. The second-order valence-electron chi connectivity index (χ2n) is 9.42. The molecule has 2 aromatic carbocycles. The molecule has 0 spiro atoms. The summed E-state index contributed by atoms with van der Waals surface area (Å²) in [5, 5.41) is 11.7. The molecule has 0 atom stereocenters. The zero-order chi connectivity index (χ0) is 28.8. The maximum absolute atomic E-state index is 13.2. The summed E-state index contributed by atoms with van der Waals surface area (Å²) in [4.78, 5) is 53.7. The Kier molecular flexibility index (Phi) is 6.92. The largest absolute Gasteiger partial charge is 0.422 e. The summed E-state index contributed by atoms with van der Waals surface area (Å²) in [7, 11) is -4.14. The molecule has 0 bridgehead atoms. The highest BCUT2D eigenvalue weighted by Gasteiger charge is 2.38. The van der Waals surface area contributed by atoms with E-state index in [0.29, 0.717) is 11.0 Å². The fraction of sp³-hybridized carbons (Fsp3) is 0.296. The van der Waals surface area contributed by atoms with Crippen molar-refractivity contribution in [3.8, 4) is 0 Å². The molecule has 0 aliphatic carbocycles. The van der Waals surface area contributed by atoms with Gasteiger partial charge in [-0.1, -0.05) is 0 Å². The van der Waals surface area contributed by atoms with Gasteiger partial charge in [0.05, 0.1) is 9.82 Å². The first-order valence-electron chi connectivity index (χ1n) is 12.7. The van der Waals surface area contributed by atoms with Crippen molar-refractivity contribution in [2.24, 2.45) is 0 Å². The molecule has 2 aliphatic rings. The van der Waals surface area contributed by atoms with Gasteiger partial charge in [0.1, 0.15) is 16.1 Å². The molecule has 13 heteroatoms. The molecule has 0 unspecified atom stereocenters. The Morgan fingerprint density at radius 3 is 2.25 bits per heavy atom. The van der Waals surface area contributed by atoms with Crippen LogP contribution in [0.2, 0.25) is 0 Å². The van der Waals surface area contributed by atoms with Crippen LogP contribution in [0.5, 0.6) is 0 Å². The van der Waals surface area contributed by atoms with Gasteiger partial charge < -0.3 is 19.1 Å². The summed E-state index contributed by atoms with van der Waals surface area (Å²) in [5.74, 6) is -1.29. The molecule has 0 radical (unpaired) electrons. The molecule has 0 saturated carbocycles. The van der Waals surface area contributed by atoms with Crippen LogP contribution in [0.1, 0.15) is 29.8 Å². The summed E-state index contributed by atoms with van der Waals surface area (Å²) < 4.78 is 31.4. The molecule has 12 nitrogen and oxygen atoms in total. The van der Waals surface area contributed by atoms with Gasteiger partial charge >= 0.3 is 5.63 Å². The van der Waals surface area contributed by atoms with Crippen molar-refractivity contribution in [3.63, 3.8) is 0 Å². The van der Waals surface area contributed by atoms with E-state index in [9.17, 15) is 32.9 Å². The molecule has 1 aromatic heterocycles. The third-order valence-electron chi connectivity index (χ3n) is 7.21. The van der Waals surface area contributed by atoms with Crippen LogP contribution in [0.3, 0.4) is 0 Å². The standard InChI is InChI=1S/C27H26N4O8S/c1-3-28(4-2)19-6-5-17-14-21(27(34)39-22(17)16-19)25(32)29-9-11-30(12-10-29)26(33)24-15-18-13-20(31(35)36)7-8-23(18)40(24,37)38/h5-8,13-16H,3-4,9-12H2,1-2H3. The molecule has 2 aliphatic heterocycles. The average Bonchev–Trinajstić information content (AvgIpc) is 3.22. The Morgan fingerprint density at radius 2 is 1.62 bits per heavy atom. The number of amides is 2. The quantitative estimate of drug-likeness (QED) is 0.249. The molecule has 2 amide bonds. The number of anilines is 1. The molecular weight excluding hydrogens is 540 g/mol. The SMILES string of the molecule is CCN(CC)c1ccc2cc(C(=O)N3CCN(C(=O)C4=Cc5cc([N+](=O)[O-])ccc5S4(=O)=O)CC3)c(=O)oc2c1. The van der Waals surface area contributed by atoms with Crippen molar-refractivity contribution < 1.29 is 27.3 Å². The Hall–Kier alpha value is -4.52. The lowest BCUT2D eigenvalue weighted by Crippen LogP contribution is -2.51. The molecule has 0 N–H and O–H groups in total. The van der Waals surface area contributed by atoms with Gasteiger partial charge in [-0.25, -0.2) is 13.2 Å². The second-order valence-corrected chi connectivity index (χ2v) is 11.3. The Balaban J connectivity index is 1.30. The Labute approximate surface area is 229 Å². The number of hydrogen-bond donors (Lipinski definition) is 0. The maximum Gasteiger partial charge on any atom is 0.349 e. The van der Waals surface area contributed by atoms with Crippen LogP contribution >= 0.6 is 0 Å². The van der Waals surface area contributed by atoms with Crippen LogP contribution in [0.15, 0.2) is 61.5 Å². The molecule has 1 fully saturated rings. The highest BCUT2D eigenvalue weighted by Crippen LogP contribution is 2.36. The normalized spacial score (nSPS) is 16.0. The minimum atomic E-state index is -4.14. The van der Waals surface area contributed by atoms with E-state index in [-0.39, 0.29) is 47.9 Å². The number of nitro groups is 1. The lowest BCUT2D eigenvalue weighted by Gasteiger charge is -2.34. The van der Waals surface area contributed by atoms with E-state index >= 15 is 0 Å². The summed E-state index contributed by atoms with van der Waals surface area (Å²) in [6.45, 7) is 5.86. The third kappa shape index (κ3) is 4.62. The number of nitro benzene ring substituents is 1. The average molecular weight is 567 g/mol. The van der Waals surface area contributed by atoms with Crippen LogP contribution in [-0.2, 0) is 14.6 Å². The van der Waals surface area contributed by atoms with Crippen molar-refractivity contribution in [2.75, 3.05) is 44.2 Å². The van der Waals surface area contributed by atoms with Crippen molar-refractivity contribution in [3.05, 3.63) is 79.0 Å². The molecule has 3 aromatic rings. The van der Waals surface area contributed by atoms with Gasteiger partial charge in [-0.2, -0.15) is 0 Å². The number of benzene rings is 2. The van der Waals surface area contributed by atoms with Crippen LogP contribution in [-0.4, -0.2) is 74.2 Å². The Morgan fingerprint density at radius 1 is 0.975 bits per heavy atom. The zero-order valence-electron chi connectivity index (χ0n) is 21.8. The van der Waals surface area contributed by atoms with Gasteiger partial charge in [0.15, 0.2) is 0 Å². The van der Waals surface area contributed by atoms with E-state index in [1.807, 2.05) is 19.9 Å². The van der Waals surface area contributed by atoms with E-state index in [2.05, 4.69) is 4.90 Å². The van der Waals surface area contributed by atoms with Crippen LogP contribution in [0.25, 0.3) is 17.0 Å². The summed E-state index contributed by atoms with van der Waals surface area (Å²) in [5.41, 5.74) is 0.190. The van der Waals surface area contributed by atoms with Gasteiger partial charge in [-0.15, -0.1) is 0 Å².